The van der Waals surface area contributed by atoms with E-state index in [1.807, 2.05) is 0 Å². The minimum atomic E-state index is 0.420. The highest BCUT2D eigenvalue weighted by molar-refractivity contribution is 5.53. The van der Waals surface area contributed by atoms with Crippen LogP contribution in [0.5, 0.6) is 0 Å². The molecule has 18 heavy (non-hydrogen) atoms. The average Bonchev–Trinajstić information content (AvgIpc) is 2.32. The van der Waals surface area contributed by atoms with Gasteiger partial charge in [-0.2, -0.15) is 0 Å². The van der Waals surface area contributed by atoms with Crippen LogP contribution in [-0.2, 0) is 0 Å². The minimum Gasteiger partial charge on any atom is -0.365 e. The first-order valence-corrected chi connectivity index (χ1v) is 7.26. The summed E-state index contributed by atoms with van der Waals surface area (Å²) in [5, 5.41) is 0. The number of piperidine rings is 2. The number of benzene rings is 1. The van der Waals surface area contributed by atoms with Gasteiger partial charge in [-0.15, -0.1) is 0 Å². The Bertz CT molecular complexity index is 427. The summed E-state index contributed by atoms with van der Waals surface area (Å²) < 4.78 is 0. The highest BCUT2D eigenvalue weighted by Crippen LogP contribution is 2.37. The van der Waals surface area contributed by atoms with E-state index in [9.17, 15) is 0 Å². The van der Waals surface area contributed by atoms with Crippen LogP contribution in [0.4, 0.5) is 5.69 Å². The smallest absolute Gasteiger partial charge is 0.0374 e. The van der Waals surface area contributed by atoms with Crippen molar-refractivity contribution in [1.82, 2.24) is 0 Å². The Hall–Kier alpha value is -1.02. The number of rotatable bonds is 1. The second kappa shape index (κ2) is 4.58. The molecular formula is C16H24N2. The fourth-order valence-corrected chi connectivity index (χ4v) is 3.73. The molecule has 2 bridgehead atoms. The summed E-state index contributed by atoms with van der Waals surface area (Å²) in [4.78, 5) is 2.67. The van der Waals surface area contributed by atoms with Crippen molar-refractivity contribution in [2.24, 2.45) is 5.73 Å². The molecule has 98 valence electrons. The molecule has 2 nitrogen and oxygen atoms in total. The first-order chi connectivity index (χ1) is 8.65. The third-order valence-corrected chi connectivity index (χ3v) is 4.80. The van der Waals surface area contributed by atoms with E-state index in [0.717, 1.165) is 0 Å². The van der Waals surface area contributed by atoms with Crippen molar-refractivity contribution in [3.8, 4) is 0 Å². The van der Waals surface area contributed by atoms with Crippen LogP contribution in [0.3, 0.4) is 0 Å². The normalized spacial score (nSPS) is 31.5. The Labute approximate surface area is 110 Å². The van der Waals surface area contributed by atoms with Crippen molar-refractivity contribution in [2.45, 2.75) is 64.1 Å². The predicted octanol–water partition coefficient (Wildman–Crippen LogP) is 3.15. The van der Waals surface area contributed by atoms with Crippen molar-refractivity contribution >= 4 is 5.69 Å². The van der Waals surface area contributed by atoms with Crippen molar-refractivity contribution in [3.05, 3.63) is 29.3 Å². The van der Waals surface area contributed by atoms with Crippen LogP contribution in [0.15, 0.2) is 18.2 Å². The predicted molar refractivity (Wildman–Crippen MR) is 77.0 cm³/mol. The molecule has 2 N–H and O–H groups in total. The largest absolute Gasteiger partial charge is 0.365 e. The molecule has 0 saturated carbocycles. The summed E-state index contributed by atoms with van der Waals surface area (Å²) in [6.07, 6.45) is 6.35. The van der Waals surface area contributed by atoms with Gasteiger partial charge in [-0.1, -0.05) is 6.07 Å². The zero-order chi connectivity index (χ0) is 12.7. The van der Waals surface area contributed by atoms with Gasteiger partial charge in [0.25, 0.3) is 0 Å². The molecule has 0 aliphatic carbocycles. The Balaban J connectivity index is 1.92. The van der Waals surface area contributed by atoms with Crippen LogP contribution in [0.25, 0.3) is 0 Å². The average molecular weight is 244 g/mol. The third-order valence-electron chi connectivity index (χ3n) is 4.80. The van der Waals surface area contributed by atoms with Gasteiger partial charge in [0.05, 0.1) is 0 Å². The van der Waals surface area contributed by atoms with Gasteiger partial charge in [0.15, 0.2) is 0 Å². The van der Waals surface area contributed by atoms with E-state index in [2.05, 4.69) is 36.9 Å². The number of aryl methyl sites for hydroxylation is 2. The monoisotopic (exact) mass is 244 g/mol. The molecule has 2 aliphatic rings. The van der Waals surface area contributed by atoms with Crippen LogP contribution in [0.1, 0.15) is 43.2 Å². The van der Waals surface area contributed by atoms with Crippen molar-refractivity contribution in [3.63, 3.8) is 0 Å². The molecule has 2 heterocycles. The third kappa shape index (κ3) is 2.03. The molecular weight excluding hydrogens is 220 g/mol. The molecule has 0 spiro atoms. The molecule has 2 fully saturated rings. The van der Waals surface area contributed by atoms with E-state index in [-0.39, 0.29) is 0 Å². The molecule has 1 aromatic rings. The van der Waals surface area contributed by atoms with Gasteiger partial charge in [0.2, 0.25) is 0 Å². The molecule has 2 atom stereocenters. The van der Waals surface area contributed by atoms with Crippen molar-refractivity contribution in [1.29, 1.82) is 0 Å². The number of nitrogens with zero attached hydrogens (tertiary/aromatic N) is 1. The van der Waals surface area contributed by atoms with Crippen LogP contribution in [0, 0.1) is 13.8 Å². The fraction of sp³-hybridized carbons (Fsp3) is 0.625. The lowest BCUT2D eigenvalue weighted by Gasteiger charge is -2.49. The van der Waals surface area contributed by atoms with Gasteiger partial charge in [0.1, 0.15) is 0 Å². The summed E-state index contributed by atoms with van der Waals surface area (Å²) >= 11 is 0. The highest BCUT2D eigenvalue weighted by atomic mass is 15.2. The maximum atomic E-state index is 6.19. The van der Waals surface area contributed by atoms with E-state index >= 15 is 0 Å². The number of nitrogens with two attached hydrogens (primary N) is 1. The topological polar surface area (TPSA) is 29.3 Å². The molecule has 0 aromatic heterocycles. The number of hydrogen-bond acceptors (Lipinski definition) is 2. The van der Waals surface area contributed by atoms with Crippen LogP contribution in [0.2, 0.25) is 0 Å². The standard InChI is InChI=1S/C16H24N2/c1-11-6-7-16(8-12(11)2)18-14-4-3-5-15(18)10-13(17)9-14/h6-8,13-15H,3-5,9-10,17H2,1-2H3. The highest BCUT2D eigenvalue weighted by Gasteiger charge is 2.37. The van der Waals surface area contributed by atoms with E-state index in [4.69, 9.17) is 5.73 Å². The van der Waals surface area contributed by atoms with Gasteiger partial charge in [0, 0.05) is 23.8 Å². The Kier molecular flexibility index (Phi) is 3.06. The molecule has 0 radical (unpaired) electrons. The fourth-order valence-electron chi connectivity index (χ4n) is 3.73. The summed E-state index contributed by atoms with van der Waals surface area (Å²) in [5.74, 6) is 0. The van der Waals surface area contributed by atoms with Crippen LogP contribution >= 0.6 is 0 Å². The number of anilines is 1. The maximum absolute atomic E-state index is 6.19. The van der Waals surface area contributed by atoms with Gasteiger partial charge in [-0.25, -0.2) is 0 Å². The molecule has 3 rings (SSSR count). The van der Waals surface area contributed by atoms with Gasteiger partial charge < -0.3 is 10.6 Å². The minimum absolute atomic E-state index is 0.420. The van der Waals surface area contributed by atoms with Gasteiger partial charge in [-0.3, -0.25) is 0 Å². The van der Waals surface area contributed by atoms with Crippen molar-refractivity contribution in [2.75, 3.05) is 4.90 Å². The summed E-state index contributed by atoms with van der Waals surface area (Å²) in [6.45, 7) is 4.40. The maximum Gasteiger partial charge on any atom is 0.0374 e. The quantitative estimate of drug-likeness (QED) is 0.822. The molecule has 2 unspecified atom stereocenters. The second-order valence-corrected chi connectivity index (χ2v) is 6.15. The lowest BCUT2D eigenvalue weighted by atomic mass is 9.81. The molecule has 1 aromatic carbocycles. The lowest BCUT2D eigenvalue weighted by molar-refractivity contribution is 0.271. The van der Waals surface area contributed by atoms with Gasteiger partial charge >= 0.3 is 0 Å². The summed E-state index contributed by atoms with van der Waals surface area (Å²) in [5.41, 5.74) is 10.4. The Morgan fingerprint density at radius 1 is 1.06 bits per heavy atom. The summed E-state index contributed by atoms with van der Waals surface area (Å²) in [7, 11) is 0. The first-order valence-electron chi connectivity index (χ1n) is 7.26. The number of hydrogen-bond donors (Lipinski definition) is 1. The van der Waals surface area contributed by atoms with E-state index in [1.54, 1.807) is 0 Å². The van der Waals surface area contributed by atoms with Gasteiger partial charge in [-0.05, 0) is 69.2 Å². The lowest BCUT2D eigenvalue weighted by Crippen LogP contribution is -2.55. The number of fused-ring (bicyclic) bond motifs is 2. The van der Waals surface area contributed by atoms with E-state index < -0.39 is 0 Å². The molecule has 2 heteroatoms. The zero-order valence-corrected chi connectivity index (χ0v) is 11.5. The molecule has 2 saturated heterocycles. The van der Waals surface area contributed by atoms with Crippen molar-refractivity contribution < 1.29 is 0 Å². The van der Waals surface area contributed by atoms with E-state index in [1.165, 1.54) is 48.9 Å². The zero-order valence-electron chi connectivity index (χ0n) is 11.5. The van der Waals surface area contributed by atoms with Crippen LogP contribution < -0.4 is 10.6 Å². The SMILES string of the molecule is Cc1ccc(N2C3CCCC2CC(N)C3)cc1C. The Morgan fingerprint density at radius 2 is 1.72 bits per heavy atom. The summed E-state index contributed by atoms with van der Waals surface area (Å²) in [6, 6.07) is 8.68. The van der Waals surface area contributed by atoms with E-state index in [0.29, 0.717) is 18.1 Å². The van der Waals surface area contributed by atoms with Crippen LogP contribution in [-0.4, -0.2) is 18.1 Å². The molecule has 0 amide bonds. The first kappa shape index (κ1) is 12.0. The second-order valence-electron chi connectivity index (χ2n) is 6.15. The Morgan fingerprint density at radius 3 is 2.33 bits per heavy atom. The molecule has 2 aliphatic heterocycles.